The standard InChI is InChI=1S/C29H28N4O4S/c34-26-18-24(19-30-20-26)28-9-5-4-6-23(28)21-32-14-16-33(17-15-32)25-12-10-22(11-13-25)29(35)31-38(36,37)27-7-2-1-3-8-27/h1-13,18-20,34H,14-17,21H2,(H,31,35). The van der Waals surface area contributed by atoms with Crippen molar-refractivity contribution in [2.75, 3.05) is 31.1 Å². The molecule has 1 amide bonds. The van der Waals surface area contributed by atoms with Crippen LogP contribution in [0, 0.1) is 0 Å². The molecule has 8 nitrogen and oxygen atoms in total. The van der Waals surface area contributed by atoms with Gasteiger partial charge in [-0.05, 0) is 53.6 Å². The molecule has 0 spiro atoms. The second-order valence-electron chi connectivity index (χ2n) is 9.15. The Labute approximate surface area is 222 Å². The number of aromatic nitrogens is 1. The van der Waals surface area contributed by atoms with Crippen molar-refractivity contribution in [3.8, 4) is 16.9 Å². The molecule has 0 aliphatic carbocycles. The smallest absolute Gasteiger partial charge is 0.264 e. The number of carbonyl (C=O) groups excluding carboxylic acids is 1. The number of sulfonamides is 1. The summed E-state index contributed by atoms with van der Waals surface area (Å²) in [7, 11) is -3.92. The van der Waals surface area contributed by atoms with Gasteiger partial charge in [-0.2, -0.15) is 0 Å². The van der Waals surface area contributed by atoms with Crippen LogP contribution in [0.1, 0.15) is 15.9 Å². The van der Waals surface area contributed by atoms with Crippen LogP contribution in [0.3, 0.4) is 0 Å². The van der Waals surface area contributed by atoms with Crippen molar-refractivity contribution in [1.29, 1.82) is 0 Å². The van der Waals surface area contributed by atoms with E-state index in [9.17, 15) is 18.3 Å². The highest BCUT2D eigenvalue weighted by atomic mass is 32.2. The molecule has 1 saturated heterocycles. The van der Waals surface area contributed by atoms with Crippen molar-refractivity contribution in [3.63, 3.8) is 0 Å². The number of hydrogen-bond acceptors (Lipinski definition) is 7. The third-order valence-corrected chi connectivity index (χ3v) is 7.94. The van der Waals surface area contributed by atoms with Crippen LogP contribution >= 0.6 is 0 Å². The number of aromatic hydroxyl groups is 1. The Morgan fingerprint density at radius 1 is 0.868 bits per heavy atom. The van der Waals surface area contributed by atoms with Gasteiger partial charge in [-0.25, -0.2) is 13.1 Å². The molecular formula is C29H28N4O4S. The van der Waals surface area contributed by atoms with Gasteiger partial charge in [0.05, 0.1) is 11.1 Å². The molecule has 1 fully saturated rings. The van der Waals surface area contributed by atoms with E-state index in [1.165, 1.54) is 23.9 Å². The van der Waals surface area contributed by atoms with E-state index in [0.29, 0.717) is 0 Å². The molecule has 0 radical (unpaired) electrons. The zero-order chi connectivity index (χ0) is 26.5. The van der Waals surface area contributed by atoms with Crippen LogP contribution in [0.5, 0.6) is 5.75 Å². The molecule has 3 aromatic carbocycles. The fraction of sp³-hybridized carbons (Fsp3) is 0.172. The first-order valence-electron chi connectivity index (χ1n) is 12.3. The van der Waals surface area contributed by atoms with Crippen LogP contribution < -0.4 is 9.62 Å². The first-order chi connectivity index (χ1) is 18.4. The maximum absolute atomic E-state index is 12.6. The maximum atomic E-state index is 12.6. The van der Waals surface area contributed by atoms with Gasteiger partial charge in [0, 0.05) is 55.7 Å². The lowest BCUT2D eigenvalue weighted by Gasteiger charge is -2.36. The first kappa shape index (κ1) is 25.4. The number of anilines is 1. The van der Waals surface area contributed by atoms with E-state index in [-0.39, 0.29) is 16.2 Å². The largest absolute Gasteiger partial charge is 0.506 e. The first-order valence-corrected chi connectivity index (χ1v) is 13.8. The topological polar surface area (TPSA) is 103 Å². The summed E-state index contributed by atoms with van der Waals surface area (Å²) in [6.45, 7) is 4.16. The Morgan fingerprint density at radius 2 is 1.55 bits per heavy atom. The van der Waals surface area contributed by atoms with Gasteiger partial charge in [0.25, 0.3) is 15.9 Å². The van der Waals surface area contributed by atoms with Gasteiger partial charge in [-0.3, -0.25) is 14.7 Å². The minimum absolute atomic E-state index is 0.0454. The van der Waals surface area contributed by atoms with E-state index in [1.54, 1.807) is 42.6 Å². The number of hydrogen-bond donors (Lipinski definition) is 2. The minimum atomic E-state index is -3.92. The van der Waals surface area contributed by atoms with Crippen molar-refractivity contribution in [3.05, 3.63) is 108 Å². The molecule has 0 unspecified atom stereocenters. The van der Waals surface area contributed by atoms with Crippen LogP contribution in [-0.2, 0) is 16.6 Å². The molecular weight excluding hydrogens is 500 g/mol. The predicted molar refractivity (Wildman–Crippen MR) is 146 cm³/mol. The lowest BCUT2D eigenvalue weighted by molar-refractivity contribution is 0.0981. The Hall–Kier alpha value is -4.21. The van der Waals surface area contributed by atoms with Crippen molar-refractivity contribution >= 4 is 21.6 Å². The van der Waals surface area contributed by atoms with Gasteiger partial charge < -0.3 is 10.0 Å². The Balaban J connectivity index is 1.19. The van der Waals surface area contributed by atoms with E-state index in [1.807, 2.05) is 30.3 Å². The van der Waals surface area contributed by atoms with Gasteiger partial charge in [0.2, 0.25) is 0 Å². The van der Waals surface area contributed by atoms with Crippen LogP contribution in [0.25, 0.3) is 11.1 Å². The maximum Gasteiger partial charge on any atom is 0.264 e. The highest BCUT2D eigenvalue weighted by Gasteiger charge is 2.21. The van der Waals surface area contributed by atoms with Crippen molar-refractivity contribution in [2.45, 2.75) is 11.4 Å². The number of amides is 1. The summed E-state index contributed by atoms with van der Waals surface area (Å²) in [4.78, 5) is 21.4. The van der Waals surface area contributed by atoms with Crippen molar-refractivity contribution in [2.24, 2.45) is 0 Å². The predicted octanol–water partition coefficient (Wildman–Crippen LogP) is 3.90. The molecule has 1 aliphatic heterocycles. The molecule has 2 heterocycles. The van der Waals surface area contributed by atoms with Crippen LogP contribution in [0.15, 0.2) is 102 Å². The second kappa shape index (κ2) is 11.0. The quantitative estimate of drug-likeness (QED) is 0.375. The highest BCUT2D eigenvalue weighted by molar-refractivity contribution is 7.90. The van der Waals surface area contributed by atoms with E-state index < -0.39 is 15.9 Å². The average molecular weight is 529 g/mol. The van der Waals surface area contributed by atoms with Gasteiger partial charge in [0.15, 0.2) is 0 Å². The third kappa shape index (κ3) is 5.85. The number of pyridine rings is 1. The summed E-state index contributed by atoms with van der Waals surface area (Å²) in [6, 6.07) is 24.7. The fourth-order valence-electron chi connectivity index (χ4n) is 4.58. The lowest BCUT2D eigenvalue weighted by Crippen LogP contribution is -2.46. The lowest BCUT2D eigenvalue weighted by atomic mass is 10.0. The summed E-state index contributed by atoms with van der Waals surface area (Å²) in [5.41, 5.74) is 4.39. The molecule has 0 atom stereocenters. The van der Waals surface area contributed by atoms with Gasteiger partial charge >= 0.3 is 0 Å². The normalized spacial score (nSPS) is 14.3. The van der Waals surface area contributed by atoms with E-state index in [2.05, 4.69) is 25.6 Å². The summed E-state index contributed by atoms with van der Waals surface area (Å²) >= 11 is 0. The van der Waals surface area contributed by atoms with Crippen molar-refractivity contribution in [1.82, 2.24) is 14.6 Å². The van der Waals surface area contributed by atoms with Crippen molar-refractivity contribution < 1.29 is 18.3 Å². The van der Waals surface area contributed by atoms with E-state index in [4.69, 9.17) is 0 Å². The Morgan fingerprint density at radius 3 is 2.26 bits per heavy atom. The molecule has 194 valence electrons. The fourth-order valence-corrected chi connectivity index (χ4v) is 5.58. The molecule has 38 heavy (non-hydrogen) atoms. The van der Waals surface area contributed by atoms with Gasteiger partial charge in [-0.1, -0.05) is 42.5 Å². The monoisotopic (exact) mass is 528 g/mol. The molecule has 1 aromatic heterocycles. The van der Waals surface area contributed by atoms with Crippen LogP contribution in [0.4, 0.5) is 5.69 Å². The molecule has 1 aliphatic rings. The van der Waals surface area contributed by atoms with Gasteiger partial charge in [-0.15, -0.1) is 0 Å². The molecule has 0 bridgehead atoms. The van der Waals surface area contributed by atoms with Gasteiger partial charge in [0.1, 0.15) is 5.75 Å². The average Bonchev–Trinajstić information content (AvgIpc) is 2.94. The number of carbonyl (C=O) groups is 1. The van der Waals surface area contributed by atoms with E-state index in [0.717, 1.165) is 49.5 Å². The second-order valence-corrected chi connectivity index (χ2v) is 10.8. The molecule has 0 saturated carbocycles. The zero-order valence-corrected chi connectivity index (χ0v) is 21.5. The number of piperazine rings is 1. The highest BCUT2D eigenvalue weighted by Crippen LogP contribution is 2.27. The SMILES string of the molecule is O=C(NS(=O)(=O)c1ccccc1)c1ccc(N2CCN(Cc3ccccc3-c3cncc(O)c3)CC2)cc1. The molecule has 4 aromatic rings. The van der Waals surface area contributed by atoms with E-state index >= 15 is 0 Å². The number of benzene rings is 3. The Bertz CT molecular complexity index is 1520. The third-order valence-electron chi connectivity index (χ3n) is 6.59. The summed E-state index contributed by atoms with van der Waals surface area (Å²) in [5, 5.41) is 9.84. The number of nitrogens with zero attached hydrogens (tertiary/aromatic N) is 3. The summed E-state index contributed by atoms with van der Waals surface area (Å²) in [6.07, 6.45) is 3.19. The van der Waals surface area contributed by atoms with Crippen LogP contribution in [-0.4, -0.2) is 55.5 Å². The zero-order valence-electron chi connectivity index (χ0n) is 20.7. The van der Waals surface area contributed by atoms with Crippen LogP contribution in [0.2, 0.25) is 0 Å². The number of nitrogens with one attached hydrogen (secondary N) is 1. The summed E-state index contributed by atoms with van der Waals surface area (Å²) in [5.74, 6) is -0.516. The molecule has 9 heteroatoms. The molecule has 2 N–H and O–H groups in total. The molecule has 5 rings (SSSR count). The number of rotatable bonds is 7. The Kier molecular flexibility index (Phi) is 7.39. The minimum Gasteiger partial charge on any atom is -0.506 e. The summed E-state index contributed by atoms with van der Waals surface area (Å²) < 4.78 is 27.0.